The summed E-state index contributed by atoms with van der Waals surface area (Å²) in [5, 5.41) is 0. The zero-order valence-electron chi connectivity index (χ0n) is 10.8. The molecule has 1 aromatic heterocycles. The molecule has 1 atom stereocenters. The molecule has 18 heavy (non-hydrogen) atoms. The topological polar surface area (TPSA) is 76.3 Å². The number of sulfone groups is 1. The first-order valence-electron chi connectivity index (χ1n) is 6.03. The number of hydrogen-bond acceptors (Lipinski definition) is 5. The molecule has 0 saturated carbocycles. The molecule has 1 aliphatic rings. The van der Waals surface area contributed by atoms with Gasteiger partial charge in [-0.3, -0.25) is 0 Å². The highest BCUT2D eigenvalue weighted by Gasteiger charge is 2.31. The van der Waals surface area contributed by atoms with E-state index in [4.69, 9.17) is 5.73 Å². The molecule has 5 nitrogen and oxygen atoms in total. The minimum absolute atomic E-state index is 0.00889. The predicted molar refractivity (Wildman–Crippen MR) is 72.3 cm³/mol. The number of nitrogens with zero attached hydrogens (tertiary/aromatic N) is 2. The fourth-order valence-electron chi connectivity index (χ4n) is 2.29. The summed E-state index contributed by atoms with van der Waals surface area (Å²) in [6.07, 6.45) is 0.665. The lowest BCUT2D eigenvalue weighted by atomic mass is 10.2. The third kappa shape index (κ3) is 2.64. The lowest BCUT2D eigenvalue weighted by Crippen LogP contribution is -2.34. The lowest BCUT2D eigenvalue weighted by Gasteiger charge is -2.26. The van der Waals surface area contributed by atoms with Gasteiger partial charge in [0.15, 0.2) is 9.84 Å². The van der Waals surface area contributed by atoms with Gasteiger partial charge in [0.1, 0.15) is 5.82 Å². The van der Waals surface area contributed by atoms with Gasteiger partial charge in [0.25, 0.3) is 0 Å². The molecule has 2 heterocycles. The summed E-state index contributed by atoms with van der Waals surface area (Å²) in [4.78, 5) is 6.45. The molecule has 0 amide bonds. The lowest BCUT2D eigenvalue weighted by molar-refractivity contribution is 0.600. The second kappa shape index (κ2) is 4.85. The smallest absolute Gasteiger partial charge is 0.152 e. The van der Waals surface area contributed by atoms with Gasteiger partial charge in [-0.15, -0.1) is 0 Å². The number of anilines is 1. The largest absolute Gasteiger partial charge is 0.355 e. The summed E-state index contributed by atoms with van der Waals surface area (Å²) >= 11 is 0. The molecule has 1 aliphatic heterocycles. The van der Waals surface area contributed by atoms with E-state index in [0.717, 1.165) is 17.1 Å². The van der Waals surface area contributed by atoms with E-state index in [1.54, 1.807) is 0 Å². The maximum Gasteiger partial charge on any atom is 0.152 e. The van der Waals surface area contributed by atoms with Crippen LogP contribution in [0.15, 0.2) is 12.1 Å². The molecule has 0 aliphatic carbocycles. The van der Waals surface area contributed by atoms with Crippen LogP contribution in [0, 0.1) is 6.92 Å². The highest BCUT2D eigenvalue weighted by Crippen LogP contribution is 2.24. The molecule has 1 fully saturated rings. The Morgan fingerprint density at radius 3 is 2.78 bits per heavy atom. The highest BCUT2D eigenvalue weighted by atomic mass is 32.2. The van der Waals surface area contributed by atoms with Gasteiger partial charge in [-0.1, -0.05) is 6.07 Å². The van der Waals surface area contributed by atoms with Crippen molar-refractivity contribution in [1.82, 2.24) is 4.98 Å². The van der Waals surface area contributed by atoms with E-state index in [9.17, 15) is 8.42 Å². The van der Waals surface area contributed by atoms with Crippen molar-refractivity contribution >= 4 is 15.7 Å². The number of rotatable bonds is 3. The van der Waals surface area contributed by atoms with Crippen molar-refractivity contribution in [1.29, 1.82) is 0 Å². The third-order valence-electron chi connectivity index (χ3n) is 3.41. The fourth-order valence-corrected chi connectivity index (χ4v) is 4.06. The van der Waals surface area contributed by atoms with Crippen LogP contribution in [0.3, 0.4) is 0 Å². The third-order valence-corrected chi connectivity index (χ3v) is 5.16. The van der Waals surface area contributed by atoms with E-state index in [1.165, 1.54) is 0 Å². The van der Waals surface area contributed by atoms with Crippen LogP contribution in [-0.2, 0) is 16.4 Å². The molecule has 6 heteroatoms. The first-order chi connectivity index (χ1) is 8.43. The van der Waals surface area contributed by atoms with Crippen molar-refractivity contribution in [2.45, 2.75) is 25.9 Å². The van der Waals surface area contributed by atoms with Crippen LogP contribution in [0.1, 0.15) is 17.7 Å². The zero-order chi connectivity index (χ0) is 13.3. The second-order valence-electron chi connectivity index (χ2n) is 4.81. The van der Waals surface area contributed by atoms with Crippen LogP contribution in [0.4, 0.5) is 5.82 Å². The van der Waals surface area contributed by atoms with Gasteiger partial charge in [-0.05, 0) is 19.4 Å². The Morgan fingerprint density at radius 2 is 2.22 bits per heavy atom. The van der Waals surface area contributed by atoms with E-state index < -0.39 is 9.84 Å². The van der Waals surface area contributed by atoms with Crippen molar-refractivity contribution < 1.29 is 8.42 Å². The summed E-state index contributed by atoms with van der Waals surface area (Å²) < 4.78 is 23.1. The maximum atomic E-state index is 11.5. The van der Waals surface area contributed by atoms with Gasteiger partial charge in [0.2, 0.25) is 0 Å². The Kier molecular flexibility index (Phi) is 3.59. The number of aromatic nitrogens is 1. The molecular formula is C12H19N3O2S. The molecule has 1 saturated heterocycles. The van der Waals surface area contributed by atoms with Gasteiger partial charge in [-0.25, -0.2) is 13.4 Å². The Balaban J connectivity index is 2.28. The van der Waals surface area contributed by atoms with Crippen LogP contribution >= 0.6 is 0 Å². The number of nitrogens with two attached hydrogens (primary N) is 1. The Labute approximate surface area is 108 Å². The van der Waals surface area contributed by atoms with Crippen LogP contribution in [0.5, 0.6) is 0 Å². The molecule has 0 spiro atoms. The summed E-state index contributed by atoms with van der Waals surface area (Å²) in [5.74, 6) is 1.29. The van der Waals surface area contributed by atoms with Crippen LogP contribution < -0.4 is 10.6 Å². The van der Waals surface area contributed by atoms with E-state index in [0.29, 0.717) is 13.0 Å². The average Bonchev–Trinajstić information content (AvgIpc) is 2.68. The predicted octanol–water partition coefficient (Wildman–Crippen LogP) is 0.472. The van der Waals surface area contributed by atoms with Crippen molar-refractivity contribution in [2.24, 2.45) is 5.73 Å². The highest BCUT2D eigenvalue weighted by molar-refractivity contribution is 7.91. The quantitative estimate of drug-likeness (QED) is 0.863. The first-order valence-corrected chi connectivity index (χ1v) is 7.85. The fraction of sp³-hybridized carbons (Fsp3) is 0.583. The number of hydrogen-bond donors (Lipinski definition) is 1. The normalized spacial score (nSPS) is 22.1. The molecule has 0 aromatic carbocycles. The van der Waals surface area contributed by atoms with Crippen LogP contribution in [-0.4, -0.2) is 38.0 Å². The standard InChI is InChI=1S/C12H19N3O2S/c1-9-3-4-10(7-13)12(14-9)15(2)11-5-6-18(16,17)8-11/h3-4,11H,5-8,13H2,1-2H3. The van der Waals surface area contributed by atoms with Crippen LogP contribution in [0.25, 0.3) is 0 Å². The Bertz CT molecular complexity index is 542. The second-order valence-corrected chi connectivity index (χ2v) is 7.04. The summed E-state index contributed by atoms with van der Waals surface area (Å²) in [5.41, 5.74) is 7.57. The molecule has 1 aromatic rings. The van der Waals surface area contributed by atoms with E-state index in [-0.39, 0.29) is 17.5 Å². The van der Waals surface area contributed by atoms with Crippen molar-refractivity contribution in [3.8, 4) is 0 Å². The Morgan fingerprint density at radius 1 is 1.50 bits per heavy atom. The molecule has 0 bridgehead atoms. The average molecular weight is 269 g/mol. The summed E-state index contributed by atoms with van der Waals surface area (Å²) in [6, 6.07) is 3.89. The van der Waals surface area contributed by atoms with Crippen molar-refractivity contribution in [2.75, 3.05) is 23.5 Å². The van der Waals surface area contributed by atoms with Gasteiger partial charge in [0, 0.05) is 30.9 Å². The summed E-state index contributed by atoms with van der Waals surface area (Å²) in [6.45, 7) is 2.33. The van der Waals surface area contributed by atoms with Gasteiger partial charge < -0.3 is 10.6 Å². The van der Waals surface area contributed by atoms with E-state index >= 15 is 0 Å². The number of pyridine rings is 1. The Hall–Kier alpha value is -1.14. The van der Waals surface area contributed by atoms with Crippen molar-refractivity contribution in [3.63, 3.8) is 0 Å². The zero-order valence-corrected chi connectivity index (χ0v) is 11.6. The molecule has 2 N–H and O–H groups in total. The minimum atomic E-state index is -2.88. The number of aryl methyl sites for hydroxylation is 1. The van der Waals surface area contributed by atoms with Crippen LogP contribution in [0.2, 0.25) is 0 Å². The summed E-state index contributed by atoms with van der Waals surface area (Å²) in [7, 11) is -0.984. The SMILES string of the molecule is Cc1ccc(CN)c(N(C)C2CCS(=O)(=O)C2)n1. The molecular weight excluding hydrogens is 250 g/mol. The molecule has 2 rings (SSSR count). The first kappa shape index (κ1) is 13.3. The molecule has 100 valence electrons. The van der Waals surface area contributed by atoms with Gasteiger partial charge in [0.05, 0.1) is 11.5 Å². The maximum absolute atomic E-state index is 11.5. The minimum Gasteiger partial charge on any atom is -0.355 e. The van der Waals surface area contributed by atoms with Gasteiger partial charge >= 0.3 is 0 Å². The van der Waals surface area contributed by atoms with Gasteiger partial charge in [-0.2, -0.15) is 0 Å². The molecule has 0 radical (unpaired) electrons. The van der Waals surface area contributed by atoms with E-state index in [1.807, 2.05) is 31.0 Å². The van der Waals surface area contributed by atoms with Crippen molar-refractivity contribution in [3.05, 3.63) is 23.4 Å². The monoisotopic (exact) mass is 269 g/mol. The molecule has 1 unspecified atom stereocenters. The van der Waals surface area contributed by atoms with E-state index in [2.05, 4.69) is 4.98 Å².